The number of aromatic nitrogens is 1. The van der Waals surface area contributed by atoms with Crippen LogP contribution in [-0.2, 0) is 29.3 Å². The van der Waals surface area contributed by atoms with Gasteiger partial charge in [-0.05, 0) is 41.8 Å². The van der Waals surface area contributed by atoms with Gasteiger partial charge in [0.05, 0.1) is 22.2 Å². The maximum atomic E-state index is 13.0. The second kappa shape index (κ2) is 8.90. The quantitative estimate of drug-likeness (QED) is 0.417. The van der Waals surface area contributed by atoms with Crippen molar-refractivity contribution in [3.63, 3.8) is 0 Å². The zero-order chi connectivity index (χ0) is 24.0. The minimum Gasteiger partial charge on any atom is -0.285 e. The van der Waals surface area contributed by atoms with Crippen molar-refractivity contribution >= 4 is 38.1 Å². The van der Waals surface area contributed by atoms with Crippen LogP contribution in [0, 0.1) is 5.92 Å². The average molecular weight is 516 g/mol. The fourth-order valence-electron chi connectivity index (χ4n) is 3.94. The van der Waals surface area contributed by atoms with Gasteiger partial charge in [0.15, 0.2) is 5.13 Å². The molecule has 1 N–H and O–H groups in total. The summed E-state index contributed by atoms with van der Waals surface area (Å²) < 4.78 is 66.8. The normalized spacial score (nSPS) is 16.9. The molecule has 1 atom stereocenters. The van der Waals surface area contributed by atoms with Crippen molar-refractivity contribution in [2.45, 2.75) is 44.1 Å². The number of benzene rings is 2. The molecule has 33 heavy (non-hydrogen) atoms. The number of sulfonamides is 1. The summed E-state index contributed by atoms with van der Waals surface area (Å²) >= 11 is 7.18. The van der Waals surface area contributed by atoms with Crippen LogP contribution in [0.15, 0.2) is 53.4 Å². The first-order chi connectivity index (χ1) is 15.4. The first kappa shape index (κ1) is 24.0. The number of hydrogen-bond donors (Lipinski definition) is 1. The Balaban J connectivity index is 1.55. The molecule has 0 bridgehead atoms. The number of thiazole rings is 1. The molecule has 0 saturated carbocycles. The molecule has 0 fully saturated rings. The standard InChI is InChI=1S/C22H21ClF3N3O2S2/c1-13(2)20-19-18(12-29(20)11-14-6-8-16(23)9-7-14)32-21(27-19)28-33(30,31)17-5-3-4-15(10-17)22(24,25)26/h3-10,13,20H,11-12H2,1-2H3,(H,27,28). The number of rotatable bonds is 6. The minimum absolute atomic E-state index is 0.0151. The summed E-state index contributed by atoms with van der Waals surface area (Å²) in [6.07, 6.45) is -4.63. The highest BCUT2D eigenvalue weighted by molar-refractivity contribution is 7.93. The van der Waals surface area contributed by atoms with Gasteiger partial charge in [0, 0.05) is 23.0 Å². The van der Waals surface area contributed by atoms with Crippen LogP contribution in [0.25, 0.3) is 0 Å². The van der Waals surface area contributed by atoms with Crippen LogP contribution >= 0.6 is 22.9 Å². The van der Waals surface area contributed by atoms with Crippen molar-refractivity contribution in [3.8, 4) is 0 Å². The molecular formula is C22H21ClF3N3O2S2. The van der Waals surface area contributed by atoms with E-state index in [1.54, 1.807) is 0 Å². The molecule has 0 radical (unpaired) electrons. The topological polar surface area (TPSA) is 62.3 Å². The molecule has 3 aromatic rings. The number of halogens is 4. The van der Waals surface area contributed by atoms with Gasteiger partial charge < -0.3 is 0 Å². The Labute approximate surface area is 199 Å². The Kier molecular flexibility index (Phi) is 6.47. The molecule has 4 rings (SSSR count). The van der Waals surface area contributed by atoms with E-state index >= 15 is 0 Å². The Morgan fingerprint density at radius 1 is 1.21 bits per heavy atom. The third kappa shape index (κ3) is 5.18. The van der Waals surface area contributed by atoms with Crippen LogP contribution in [0.5, 0.6) is 0 Å². The molecule has 2 heterocycles. The van der Waals surface area contributed by atoms with Crippen molar-refractivity contribution in [1.82, 2.24) is 9.88 Å². The highest BCUT2D eigenvalue weighted by Crippen LogP contribution is 2.43. The largest absolute Gasteiger partial charge is 0.416 e. The van der Waals surface area contributed by atoms with Gasteiger partial charge in [-0.1, -0.05) is 55.0 Å². The second-order valence-electron chi connectivity index (χ2n) is 8.18. The van der Waals surface area contributed by atoms with E-state index < -0.39 is 26.7 Å². The van der Waals surface area contributed by atoms with Crippen LogP contribution in [0.4, 0.5) is 18.3 Å². The van der Waals surface area contributed by atoms with E-state index in [9.17, 15) is 21.6 Å². The summed E-state index contributed by atoms with van der Waals surface area (Å²) in [6, 6.07) is 11.2. The third-order valence-electron chi connectivity index (χ3n) is 5.37. The van der Waals surface area contributed by atoms with Crippen molar-refractivity contribution < 1.29 is 21.6 Å². The molecule has 176 valence electrons. The summed E-state index contributed by atoms with van der Waals surface area (Å²) in [5, 5.41) is 0.813. The predicted molar refractivity (Wildman–Crippen MR) is 123 cm³/mol. The molecule has 0 saturated heterocycles. The number of fused-ring (bicyclic) bond motifs is 1. The van der Waals surface area contributed by atoms with Crippen LogP contribution in [0.2, 0.25) is 5.02 Å². The molecule has 1 aromatic heterocycles. The van der Waals surface area contributed by atoms with E-state index in [2.05, 4.69) is 28.5 Å². The maximum absolute atomic E-state index is 13.0. The molecular weight excluding hydrogens is 495 g/mol. The lowest BCUT2D eigenvalue weighted by atomic mass is 10.0. The highest BCUT2D eigenvalue weighted by Gasteiger charge is 2.37. The number of anilines is 1. The Morgan fingerprint density at radius 3 is 2.55 bits per heavy atom. The van der Waals surface area contributed by atoms with Crippen LogP contribution in [0.1, 0.15) is 41.6 Å². The Hall–Kier alpha value is -2.14. The van der Waals surface area contributed by atoms with Gasteiger partial charge >= 0.3 is 6.18 Å². The molecule has 1 aliphatic rings. The summed E-state index contributed by atoms with van der Waals surface area (Å²) in [5.41, 5.74) is 0.876. The molecule has 2 aromatic carbocycles. The van der Waals surface area contributed by atoms with E-state index in [0.717, 1.165) is 34.3 Å². The van der Waals surface area contributed by atoms with Gasteiger partial charge in [0.1, 0.15) is 0 Å². The SMILES string of the molecule is CC(C)C1c2nc(NS(=O)(=O)c3cccc(C(F)(F)F)c3)sc2CN1Cc1ccc(Cl)cc1. The monoisotopic (exact) mass is 515 g/mol. The number of nitrogens with one attached hydrogen (secondary N) is 1. The third-order valence-corrected chi connectivity index (χ3v) is 8.06. The van der Waals surface area contributed by atoms with Gasteiger partial charge in [0.2, 0.25) is 0 Å². The summed E-state index contributed by atoms with van der Waals surface area (Å²) in [4.78, 5) is 7.27. The first-order valence-electron chi connectivity index (χ1n) is 10.1. The Bertz CT molecular complexity index is 1260. The molecule has 0 aliphatic carbocycles. The fourth-order valence-corrected chi connectivity index (χ4v) is 6.37. The molecule has 11 heteroatoms. The van der Waals surface area contributed by atoms with E-state index in [1.165, 1.54) is 11.3 Å². The summed E-state index contributed by atoms with van der Waals surface area (Å²) in [6.45, 7) is 5.43. The summed E-state index contributed by atoms with van der Waals surface area (Å²) in [5.74, 6) is 0.216. The minimum atomic E-state index is -4.63. The summed E-state index contributed by atoms with van der Waals surface area (Å²) in [7, 11) is -4.22. The molecule has 5 nitrogen and oxygen atoms in total. The lowest BCUT2D eigenvalue weighted by Gasteiger charge is -2.27. The van der Waals surface area contributed by atoms with E-state index in [-0.39, 0.29) is 17.1 Å². The van der Waals surface area contributed by atoms with Gasteiger partial charge in [0.25, 0.3) is 10.0 Å². The highest BCUT2D eigenvalue weighted by atomic mass is 35.5. The van der Waals surface area contributed by atoms with E-state index in [1.807, 2.05) is 24.3 Å². The van der Waals surface area contributed by atoms with Crippen molar-refractivity contribution in [2.24, 2.45) is 5.92 Å². The van der Waals surface area contributed by atoms with E-state index in [4.69, 9.17) is 11.6 Å². The number of nitrogens with zero attached hydrogens (tertiary/aromatic N) is 2. The van der Waals surface area contributed by atoms with Crippen molar-refractivity contribution in [3.05, 3.63) is 75.3 Å². The average Bonchev–Trinajstić information content (AvgIpc) is 3.25. The molecule has 1 aliphatic heterocycles. The maximum Gasteiger partial charge on any atom is 0.416 e. The van der Waals surface area contributed by atoms with Crippen molar-refractivity contribution in [2.75, 3.05) is 4.72 Å². The zero-order valence-corrected chi connectivity index (χ0v) is 20.1. The lowest BCUT2D eigenvalue weighted by molar-refractivity contribution is -0.137. The van der Waals surface area contributed by atoms with Gasteiger partial charge in [-0.25, -0.2) is 13.4 Å². The molecule has 0 spiro atoms. The first-order valence-corrected chi connectivity index (χ1v) is 12.8. The van der Waals surface area contributed by atoms with Crippen LogP contribution in [-0.4, -0.2) is 18.3 Å². The predicted octanol–water partition coefficient (Wildman–Crippen LogP) is 6.33. The van der Waals surface area contributed by atoms with Gasteiger partial charge in [-0.15, -0.1) is 0 Å². The Morgan fingerprint density at radius 2 is 1.91 bits per heavy atom. The number of alkyl halides is 3. The lowest BCUT2D eigenvalue weighted by Crippen LogP contribution is -2.26. The fraction of sp³-hybridized carbons (Fsp3) is 0.318. The zero-order valence-electron chi connectivity index (χ0n) is 17.7. The van der Waals surface area contributed by atoms with Crippen LogP contribution < -0.4 is 4.72 Å². The second-order valence-corrected chi connectivity index (χ2v) is 11.4. The van der Waals surface area contributed by atoms with Gasteiger partial charge in [-0.2, -0.15) is 13.2 Å². The molecule has 1 unspecified atom stereocenters. The van der Waals surface area contributed by atoms with Gasteiger partial charge in [-0.3, -0.25) is 9.62 Å². The van der Waals surface area contributed by atoms with Crippen LogP contribution in [0.3, 0.4) is 0 Å². The molecule has 0 amide bonds. The van der Waals surface area contributed by atoms with E-state index in [0.29, 0.717) is 24.2 Å². The van der Waals surface area contributed by atoms with Crippen molar-refractivity contribution in [1.29, 1.82) is 0 Å². The number of hydrogen-bond acceptors (Lipinski definition) is 5. The smallest absolute Gasteiger partial charge is 0.285 e.